The van der Waals surface area contributed by atoms with E-state index in [2.05, 4.69) is 5.32 Å². The van der Waals surface area contributed by atoms with Gasteiger partial charge in [0.15, 0.2) is 6.61 Å². The van der Waals surface area contributed by atoms with Crippen molar-refractivity contribution in [1.82, 2.24) is 0 Å². The van der Waals surface area contributed by atoms with E-state index in [1.54, 1.807) is 0 Å². The Morgan fingerprint density at radius 2 is 1.89 bits per heavy atom. The van der Waals surface area contributed by atoms with Gasteiger partial charge in [0.1, 0.15) is 11.5 Å². The summed E-state index contributed by atoms with van der Waals surface area (Å²) >= 11 is 0. The van der Waals surface area contributed by atoms with Crippen molar-refractivity contribution in [2.75, 3.05) is 19.0 Å². The summed E-state index contributed by atoms with van der Waals surface area (Å²) in [5, 5.41) is 7.39. The number of methoxy groups -OCH3 is 1. The first-order valence-electron chi connectivity index (χ1n) is 7.31. The van der Waals surface area contributed by atoms with Crippen molar-refractivity contribution in [3.05, 3.63) is 48.0 Å². The minimum atomic E-state index is -4.54. The molecule has 146 valence electrons. The summed E-state index contributed by atoms with van der Waals surface area (Å²) in [5.74, 6) is -0.725. The Labute approximate surface area is 152 Å². The molecule has 0 heterocycles. The minimum Gasteiger partial charge on any atom is -0.495 e. The molecule has 0 fully saturated rings. The van der Waals surface area contributed by atoms with Crippen molar-refractivity contribution in [1.29, 1.82) is 0 Å². The molecule has 2 rings (SSSR count). The standard InChI is InChI=1S/C16H15F3N2O5S/c1-25-14-6-5-12(27(20,23)24)8-13(14)21-15(22)9-26-11-4-2-3-10(7-11)16(17,18)19/h2-8H,9H2,1H3,(H,21,22)(H2,20,23,24). The van der Waals surface area contributed by atoms with Crippen LogP contribution in [-0.2, 0) is 21.0 Å². The second-order valence-corrected chi connectivity index (χ2v) is 6.83. The van der Waals surface area contributed by atoms with Crippen molar-refractivity contribution < 1.29 is 35.9 Å². The van der Waals surface area contributed by atoms with Crippen LogP contribution in [0.1, 0.15) is 5.56 Å². The molecule has 0 atom stereocenters. The van der Waals surface area contributed by atoms with Crippen molar-refractivity contribution in [2.45, 2.75) is 11.1 Å². The Bertz CT molecular complexity index is 945. The van der Waals surface area contributed by atoms with E-state index < -0.39 is 34.3 Å². The number of ether oxygens (including phenoxy) is 2. The molecule has 0 saturated carbocycles. The molecule has 0 unspecified atom stereocenters. The number of halogens is 3. The first-order valence-corrected chi connectivity index (χ1v) is 8.86. The van der Waals surface area contributed by atoms with Crippen molar-refractivity contribution >= 4 is 21.6 Å². The highest BCUT2D eigenvalue weighted by atomic mass is 32.2. The van der Waals surface area contributed by atoms with Crippen LogP contribution in [0.4, 0.5) is 18.9 Å². The summed E-state index contributed by atoms with van der Waals surface area (Å²) in [6.45, 7) is -0.607. The molecule has 0 radical (unpaired) electrons. The molecular weight excluding hydrogens is 389 g/mol. The van der Waals surface area contributed by atoms with Gasteiger partial charge in [-0.1, -0.05) is 6.07 Å². The van der Waals surface area contributed by atoms with Crippen LogP contribution in [0.25, 0.3) is 0 Å². The van der Waals surface area contributed by atoms with E-state index in [0.717, 1.165) is 24.3 Å². The van der Waals surface area contributed by atoms with E-state index >= 15 is 0 Å². The Morgan fingerprint density at radius 3 is 2.48 bits per heavy atom. The number of amides is 1. The van der Waals surface area contributed by atoms with E-state index in [1.807, 2.05) is 0 Å². The fourth-order valence-electron chi connectivity index (χ4n) is 2.06. The predicted octanol–water partition coefficient (Wildman–Crippen LogP) is 2.38. The fraction of sp³-hybridized carbons (Fsp3) is 0.188. The van der Waals surface area contributed by atoms with Crippen LogP contribution < -0.4 is 19.9 Å². The first kappa shape index (κ1) is 20.5. The molecule has 0 bridgehead atoms. The summed E-state index contributed by atoms with van der Waals surface area (Å²) in [7, 11) is -2.70. The fourth-order valence-corrected chi connectivity index (χ4v) is 2.60. The Hall–Kier alpha value is -2.79. The molecule has 0 aliphatic heterocycles. The number of carbonyl (C=O) groups excluding carboxylic acids is 1. The lowest BCUT2D eigenvalue weighted by Crippen LogP contribution is -2.21. The Morgan fingerprint density at radius 1 is 1.19 bits per heavy atom. The number of hydrogen-bond donors (Lipinski definition) is 2. The number of anilines is 1. The van der Waals surface area contributed by atoms with Gasteiger partial charge in [0.25, 0.3) is 5.91 Å². The molecule has 3 N–H and O–H groups in total. The van der Waals surface area contributed by atoms with Gasteiger partial charge in [0, 0.05) is 0 Å². The molecule has 27 heavy (non-hydrogen) atoms. The van der Waals surface area contributed by atoms with Crippen molar-refractivity contribution in [2.24, 2.45) is 5.14 Å². The number of sulfonamides is 1. The molecule has 0 spiro atoms. The summed E-state index contributed by atoms with van der Waals surface area (Å²) in [5.41, 5.74) is -0.899. The highest BCUT2D eigenvalue weighted by molar-refractivity contribution is 7.89. The maximum Gasteiger partial charge on any atom is 0.416 e. The van der Waals surface area contributed by atoms with Gasteiger partial charge in [0.2, 0.25) is 10.0 Å². The molecule has 11 heteroatoms. The van der Waals surface area contributed by atoms with E-state index in [0.29, 0.717) is 0 Å². The molecule has 7 nitrogen and oxygen atoms in total. The minimum absolute atomic E-state index is 0.0154. The quantitative estimate of drug-likeness (QED) is 0.769. The average molecular weight is 404 g/mol. The average Bonchev–Trinajstić information content (AvgIpc) is 2.58. The predicted molar refractivity (Wildman–Crippen MR) is 89.9 cm³/mol. The molecule has 1 amide bonds. The van der Waals surface area contributed by atoms with Gasteiger partial charge >= 0.3 is 6.18 Å². The Balaban J connectivity index is 2.10. The second-order valence-electron chi connectivity index (χ2n) is 5.27. The zero-order valence-electron chi connectivity index (χ0n) is 13.9. The van der Waals surface area contributed by atoms with Crippen LogP contribution in [0.15, 0.2) is 47.4 Å². The number of carbonyl (C=O) groups is 1. The van der Waals surface area contributed by atoms with Gasteiger partial charge in [-0.3, -0.25) is 4.79 Å². The molecule has 2 aromatic rings. The molecule has 0 saturated heterocycles. The third kappa shape index (κ3) is 5.59. The van der Waals surface area contributed by atoms with Crippen LogP contribution in [0.2, 0.25) is 0 Å². The molecular formula is C16H15F3N2O5S. The smallest absolute Gasteiger partial charge is 0.416 e. The van der Waals surface area contributed by atoms with Crippen molar-refractivity contribution in [3.8, 4) is 11.5 Å². The summed E-state index contributed by atoms with van der Waals surface area (Å²) < 4.78 is 70.9. The van der Waals surface area contributed by atoms with Crippen LogP contribution in [-0.4, -0.2) is 28.0 Å². The van der Waals surface area contributed by atoms with Gasteiger partial charge in [0.05, 0.1) is 23.3 Å². The number of benzene rings is 2. The van der Waals surface area contributed by atoms with Gasteiger partial charge in [-0.25, -0.2) is 13.6 Å². The zero-order valence-corrected chi connectivity index (χ0v) is 14.7. The molecule has 2 aromatic carbocycles. The molecule has 0 aliphatic rings. The highest BCUT2D eigenvalue weighted by Gasteiger charge is 2.30. The van der Waals surface area contributed by atoms with Crippen LogP contribution in [0.5, 0.6) is 11.5 Å². The molecule has 0 aliphatic carbocycles. The first-order chi connectivity index (χ1) is 12.5. The lowest BCUT2D eigenvalue weighted by atomic mass is 10.2. The van der Waals surface area contributed by atoms with Gasteiger partial charge < -0.3 is 14.8 Å². The highest BCUT2D eigenvalue weighted by Crippen LogP contribution is 2.31. The Kier molecular flexibility index (Phi) is 5.96. The van der Waals surface area contributed by atoms with Crippen LogP contribution in [0.3, 0.4) is 0 Å². The largest absolute Gasteiger partial charge is 0.495 e. The van der Waals surface area contributed by atoms with Crippen molar-refractivity contribution in [3.63, 3.8) is 0 Å². The maximum absolute atomic E-state index is 12.7. The number of nitrogens with two attached hydrogens (primary N) is 1. The number of nitrogens with one attached hydrogen (secondary N) is 1. The third-order valence-corrected chi connectivity index (χ3v) is 4.22. The second kappa shape index (κ2) is 7.84. The van der Waals surface area contributed by atoms with Gasteiger partial charge in [-0.2, -0.15) is 13.2 Å². The maximum atomic E-state index is 12.7. The monoisotopic (exact) mass is 404 g/mol. The van der Waals surface area contributed by atoms with Gasteiger partial charge in [-0.05, 0) is 36.4 Å². The number of primary sulfonamides is 1. The summed E-state index contributed by atoms with van der Waals surface area (Å²) in [4.78, 5) is 11.7. The number of hydrogen-bond acceptors (Lipinski definition) is 5. The van der Waals surface area contributed by atoms with Crippen LogP contribution >= 0.6 is 0 Å². The summed E-state index contributed by atoms with van der Waals surface area (Å²) in [6.07, 6.45) is -4.54. The zero-order chi connectivity index (χ0) is 20.2. The number of alkyl halides is 3. The van der Waals surface area contributed by atoms with E-state index in [-0.39, 0.29) is 22.1 Å². The SMILES string of the molecule is COc1ccc(S(N)(=O)=O)cc1NC(=O)COc1cccc(C(F)(F)F)c1. The summed E-state index contributed by atoms with van der Waals surface area (Å²) in [6, 6.07) is 7.63. The topological polar surface area (TPSA) is 108 Å². The van der Waals surface area contributed by atoms with E-state index in [9.17, 15) is 26.4 Å². The van der Waals surface area contributed by atoms with E-state index in [4.69, 9.17) is 14.6 Å². The molecule has 0 aromatic heterocycles. The lowest BCUT2D eigenvalue weighted by Gasteiger charge is -2.13. The number of rotatable bonds is 6. The third-order valence-electron chi connectivity index (χ3n) is 3.30. The normalized spacial score (nSPS) is 11.7. The van der Waals surface area contributed by atoms with Gasteiger partial charge in [-0.15, -0.1) is 0 Å². The van der Waals surface area contributed by atoms with Crippen LogP contribution in [0, 0.1) is 0 Å². The lowest BCUT2D eigenvalue weighted by molar-refractivity contribution is -0.137. The van der Waals surface area contributed by atoms with E-state index in [1.165, 1.54) is 25.3 Å².